The molecule has 74 valence electrons. The second-order valence-corrected chi connectivity index (χ2v) is 3.04. The summed E-state index contributed by atoms with van der Waals surface area (Å²) in [4.78, 5) is 10.5. The molecule has 2 amide bonds. The standard InChI is InChI=1S/C11H9N3O/c12-11(15)14-13-10-7-3-5-8-4-1-2-6-9(8)10/h1-7H,(H2,12,15). The second-order valence-electron chi connectivity index (χ2n) is 3.04. The molecule has 0 heterocycles. The van der Waals surface area contributed by atoms with E-state index in [-0.39, 0.29) is 0 Å². The summed E-state index contributed by atoms with van der Waals surface area (Å²) in [5, 5.41) is 9.10. The number of hydrogen-bond acceptors (Lipinski definition) is 2. The zero-order chi connectivity index (χ0) is 10.7. The molecule has 0 radical (unpaired) electrons. The van der Waals surface area contributed by atoms with Gasteiger partial charge in [0, 0.05) is 5.39 Å². The first kappa shape index (κ1) is 9.33. The van der Waals surface area contributed by atoms with E-state index in [2.05, 4.69) is 10.2 Å². The molecule has 15 heavy (non-hydrogen) atoms. The highest BCUT2D eigenvalue weighted by atomic mass is 16.2. The van der Waals surface area contributed by atoms with Crippen molar-refractivity contribution in [2.24, 2.45) is 16.0 Å². The second kappa shape index (κ2) is 3.88. The van der Waals surface area contributed by atoms with Gasteiger partial charge in [-0.3, -0.25) is 0 Å². The van der Waals surface area contributed by atoms with Crippen molar-refractivity contribution in [3.8, 4) is 0 Å². The van der Waals surface area contributed by atoms with Crippen LogP contribution in [-0.4, -0.2) is 6.03 Å². The fourth-order valence-corrected chi connectivity index (χ4v) is 1.40. The Balaban J connectivity index is 2.56. The summed E-state index contributed by atoms with van der Waals surface area (Å²) in [5.41, 5.74) is 5.53. The molecule has 0 fully saturated rings. The van der Waals surface area contributed by atoms with Crippen molar-refractivity contribution >= 4 is 22.5 Å². The lowest BCUT2D eigenvalue weighted by atomic mass is 10.1. The molecular formula is C11H9N3O. The van der Waals surface area contributed by atoms with Crippen LogP contribution >= 0.6 is 0 Å². The smallest absolute Gasteiger partial charge is 0.348 e. The van der Waals surface area contributed by atoms with Crippen LogP contribution in [0, 0.1) is 0 Å². The van der Waals surface area contributed by atoms with E-state index in [1.54, 1.807) is 6.07 Å². The highest BCUT2D eigenvalue weighted by Gasteiger charge is 1.98. The van der Waals surface area contributed by atoms with Gasteiger partial charge in [0.25, 0.3) is 0 Å². The molecule has 2 aromatic rings. The van der Waals surface area contributed by atoms with Gasteiger partial charge in [0.05, 0.1) is 5.69 Å². The molecule has 0 atom stereocenters. The molecule has 0 spiro atoms. The normalized spacial score (nSPS) is 10.9. The molecule has 0 saturated heterocycles. The number of carbonyl (C=O) groups is 1. The number of fused-ring (bicyclic) bond motifs is 1. The average Bonchev–Trinajstić information content (AvgIpc) is 2.26. The van der Waals surface area contributed by atoms with Gasteiger partial charge in [-0.25, -0.2) is 4.79 Å². The molecular weight excluding hydrogens is 190 g/mol. The SMILES string of the molecule is NC(=O)N=Nc1cccc2ccccc12. The Morgan fingerprint density at radius 1 is 1.07 bits per heavy atom. The molecule has 0 saturated carbocycles. The molecule has 2 N–H and O–H groups in total. The maximum atomic E-state index is 10.5. The first-order valence-corrected chi connectivity index (χ1v) is 4.46. The van der Waals surface area contributed by atoms with Gasteiger partial charge < -0.3 is 5.73 Å². The fraction of sp³-hybridized carbons (Fsp3) is 0. The van der Waals surface area contributed by atoms with Crippen LogP contribution in [0.5, 0.6) is 0 Å². The van der Waals surface area contributed by atoms with Crippen LogP contribution in [0.3, 0.4) is 0 Å². The van der Waals surface area contributed by atoms with Gasteiger partial charge in [0.1, 0.15) is 0 Å². The highest BCUT2D eigenvalue weighted by molar-refractivity contribution is 5.92. The largest absolute Gasteiger partial charge is 0.356 e. The van der Waals surface area contributed by atoms with Crippen LogP contribution in [0.4, 0.5) is 10.5 Å². The fourth-order valence-electron chi connectivity index (χ4n) is 1.40. The first-order valence-electron chi connectivity index (χ1n) is 4.46. The molecule has 0 aromatic heterocycles. The zero-order valence-electron chi connectivity index (χ0n) is 7.92. The number of amides is 2. The molecule has 0 aliphatic rings. The van der Waals surface area contributed by atoms with Gasteiger partial charge in [-0.05, 0) is 11.5 Å². The summed E-state index contributed by atoms with van der Waals surface area (Å²) in [5.74, 6) is 0. The lowest BCUT2D eigenvalue weighted by Gasteiger charge is -1.99. The first-order chi connectivity index (χ1) is 7.27. The maximum Gasteiger partial charge on any atom is 0.356 e. The number of nitrogens with zero attached hydrogens (tertiary/aromatic N) is 2. The van der Waals surface area contributed by atoms with Gasteiger partial charge in [-0.1, -0.05) is 41.5 Å². The molecule has 0 bridgehead atoms. The predicted molar refractivity (Wildman–Crippen MR) is 58.0 cm³/mol. The summed E-state index contributed by atoms with van der Waals surface area (Å²) in [7, 11) is 0. The summed E-state index contributed by atoms with van der Waals surface area (Å²) >= 11 is 0. The minimum Gasteiger partial charge on any atom is -0.348 e. The molecule has 2 rings (SSSR count). The van der Waals surface area contributed by atoms with Crippen molar-refractivity contribution in [3.05, 3.63) is 42.5 Å². The Morgan fingerprint density at radius 3 is 2.60 bits per heavy atom. The molecule has 4 heteroatoms. The van der Waals surface area contributed by atoms with Crippen LogP contribution in [-0.2, 0) is 0 Å². The van der Waals surface area contributed by atoms with Crippen molar-refractivity contribution in [1.82, 2.24) is 0 Å². The van der Waals surface area contributed by atoms with Gasteiger partial charge in [0.2, 0.25) is 0 Å². The molecule has 4 nitrogen and oxygen atoms in total. The van der Waals surface area contributed by atoms with Crippen LogP contribution in [0.25, 0.3) is 10.8 Å². The predicted octanol–water partition coefficient (Wildman–Crippen LogP) is 3.00. The summed E-state index contributed by atoms with van der Waals surface area (Å²) < 4.78 is 0. The maximum absolute atomic E-state index is 10.5. The zero-order valence-corrected chi connectivity index (χ0v) is 7.92. The lowest BCUT2D eigenvalue weighted by Crippen LogP contribution is -2.01. The van der Waals surface area contributed by atoms with E-state index >= 15 is 0 Å². The van der Waals surface area contributed by atoms with E-state index in [0.29, 0.717) is 5.69 Å². The topological polar surface area (TPSA) is 67.8 Å². The third-order valence-corrected chi connectivity index (χ3v) is 2.02. The van der Waals surface area contributed by atoms with Crippen molar-refractivity contribution in [1.29, 1.82) is 0 Å². The number of nitrogens with two attached hydrogens (primary N) is 1. The Labute approximate surface area is 86.4 Å². The van der Waals surface area contributed by atoms with E-state index in [4.69, 9.17) is 5.73 Å². The number of hydrogen-bond donors (Lipinski definition) is 1. The molecule has 0 aliphatic heterocycles. The number of carbonyl (C=O) groups excluding carboxylic acids is 1. The monoisotopic (exact) mass is 199 g/mol. The third kappa shape index (κ3) is 1.99. The Hall–Kier alpha value is -2.23. The van der Waals surface area contributed by atoms with Crippen molar-refractivity contribution < 1.29 is 4.79 Å². The van der Waals surface area contributed by atoms with Gasteiger partial charge >= 0.3 is 6.03 Å². The Morgan fingerprint density at radius 2 is 1.80 bits per heavy atom. The van der Waals surface area contributed by atoms with E-state index in [1.165, 1.54) is 0 Å². The Kier molecular flexibility index (Phi) is 2.41. The third-order valence-electron chi connectivity index (χ3n) is 2.02. The summed E-state index contributed by atoms with van der Waals surface area (Å²) in [6.45, 7) is 0. The van der Waals surface area contributed by atoms with Gasteiger partial charge in [0.15, 0.2) is 0 Å². The van der Waals surface area contributed by atoms with E-state index in [9.17, 15) is 4.79 Å². The summed E-state index contributed by atoms with van der Waals surface area (Å²) in [6.07, 6.45) is 0. The van der Waals surface area contributed by atoms with E-state index < -0.39 is 6.03 Å². The lowest BCUT2D eigenvalue weighted by molar-refractivity contribution is 0.255. The number of benzene rings is 2. The van der Waals surface area contributed by atoms with Crippen molar-refractivity contribution in [2.75, 3.05) is 0 Å². The van der Waals surface area contributed by atoms with Crippen LogP contribution in [0.2, 0.25) is 0 Å². The quantitative estimate of drug-likeness (QED) is 0.704. The van der Waals surface area contributed by atoms with Crippen LogP contribution < -0.4 is 5.73 Å². The van der Waals surface area contributed by atoms with Gasteiger partial charge in [-0.2, -0.15) is 0 Å². The highest BCUT2D eigenvalue weighted by Crippen LogP contribution is 2.25. The van der Waals surface area contributed by atoms with E-state index in [1.807, 2.05) is 36.4 Å². The number of urea groups is 1. The number of azo groups is 1. The molecule has 0 unspecified atom stereocenters. The van der Waals surface area contributed by atoms with Crippen LogP contribution in [0.15, 0.2) is 52.7 Å². The van der Waals surface area contributed by atoms with Crippen LogP contribution in [0.1, 0.15) is 0 Å². The average molecular weight is 199 g/mol. The Bertz CT molecular complexity index is 529. The minimum atomic E-state index is -0.789. The number of rotatable bonds is 1. The summed E-state index contributed by atoms with van der Waals surface area (Å²) in [6, 6.07) is 12.6. The van der Waals surface area contributed by atoms with Gasteiger partial charge in [-0.15, -0.1) is 5.11 Å². The minimum absolute atomic E-state index is 0.645. The van der Waals surface area contributed by atoms with Crippen molar-refractivity contribution in [3.63, 3.8) is 0 Å². The number of primary amides is 1. The van der Waals surface area contributed by atoms with E-state index in [0.717, 1.165) is 10.8 Å². The molecule has 2 aromatic carbocycles. The van der Waals surface area contributed by atoms with Crippen molar-refractivity contribution in [2.45, 2.75) is 0 Å². The molecule has 0 aliphatic carbocycles.